The fraction of sp³-hybridized carbons (Fsp3) is 0.438. The summed E-state index contributed by atoms with van der Waals surface area (Å²) in [5, 5.41) is 9.46. The molecule has 1 heterocycles. The van der Waals surface area contributed by atoms with Gasteiger partial charge in [-0.3, -0.25) is 9.89 Å². The van der Waals surface area contributed by atoms with Crippen LogP contribution in [0.4, 0.5) is 13.2 Å². The van der Waals surface area contributed by atoms with Crippen molar-refractivity contribution >= 4 is 18.1 Å². The topological polar surface area (TPSA) is 62.7 Å². The standard InChI is InChI=1S/C16H17F3N4OS/c1-9-21-22-15(25)23(9)6-5-20-14(24)13-8-12(13)10-3-2-4-11(7-10)16(17,18)19/h2-4,7,12-13H,5-6,8H2,1H3,(H,20,24)(H,22,25)/t12-,13+/m0/s1. The molecule has 5 nitrogen and oxygen atoms in total. The third kappa shape index (κ3) is 3.92. The Morgan fingerprint density at radius 1 is 1.48 bits per heavy atom. The van der Waals surface area contributed by atoms with E-state index in [0.717, 1.165) is 18.0 Å². The van der Waals surface area contributed by atoms with Crippen molar-refractivity contribution in [2.45, 2.75) is 32.0 Å². The maximum atomic E-state index is 12.8. The molecular weight excluding hydrogens is 353 g/mol. The highest BCUT2D eigenvalue weighted by molar-refractivity contribution is 7.71. The molecular formula is C16H17F3N4OS. The van der Waals surface area contributed by atoms with Crippen LogP contribution < -0.4 is 5.32 Å². The second-order valence-corrected chi connectivity index (χ2v) is 6.48. The second kappa shape index (κ2) is 6.62. The lowest BCUT2D eigenvalue weighted by molar-refractivity contribution is -0.137. The summed E-state index contributed by atoms with van der Waals surface area (Å²) in [5.41, 5.74) is -0.122. The minimum Gasteiger partial charge on any atom is -0.354 e. The molecule has 1 aliphatic carbocycles. The zero-order chi connectivity index (χ0) is 18.2. The second-order valence-electron chi connectivity index (χ2n) is 6.09. The molecule has 0 unspecified atom stereocenters. The maximum absolute atomic E-state index is 12.8. The number of halogens is 3. The lowest BCUT2D eigenvalue weighted by Gasteiger charge is -2.09. The first kappa shape index (κ1) is 17.7. The summed E-state index contributed by atoms with van der Waals surface area (Å²) in [6.07, 6.45) is -3.80. The van der Waals surface area contributed by atoms with Crippen LogP contribution >= 0.6 is 12.2 Å². The fourth-order valence-corrected chi connectivity index (χ4v) is 3.15. The number of amides is 1. The molecule has 0 saturated heterocycles. The highest BCUT2D eigenvalue weighted by Gasteiger charge is 2.44. The highest BCUT2D eigenvalue weighted by atomic mass is 32.1. The lowest BCUT2D eigenvalue weighted by atomic mass is 10.1. The number of hydrogen-bond acceptors (Lipinski definition) is 3. The summed E-state index contributed by atoms with van der Waals surface area (Å²) in [6.45, 7) is 2.69. The monoisotopic (exact) mass is 370 g/mol. The Morgan fingerprint density at radius 3 is 2.88 bits per heavy atom. The predicted molar refractivity (Wildman–Crippen MR) is 87.5 cm³/mol. The van der Waals surface area contributed by atoms with E-state index in [9.17, 15) is 18.0 Å². The number of H-pyrrole nitrogens is 1. The number of aromatic amines is 1. The highest BCUT2D eigenvalue weighted by Crippen LogP contribution is 2.48. The van der Waals surface area contributed by atoms with Crippen molar-refractivity contribution in [2.24, 2.45) is 5.92 Å². The molecule has 25 heavy (non-hydrogen) atoms. The van der Waals surface area contributed by atoms with Gasteiger partial charge in [0.25, 0.3) is 0 Å². The molecule has 1 aromatic heterocycles. The average Bonchev–Trinajstić information content (AvgIpc) is 3.30. The van der Waals surface area contributed by atoms with Gasteiger partial charge in [0.15, 0.2) is 4.77 Å². The molecule has 2 N–H and O–H groups in total. The Labute approximate surface area is 147 Å². The van der Waals surface area contributed by atoms with Crippen LogP contribution in [-0.4, -0.2) is 27.2 Å². The molecule has 9 heteroatoms. The number of nitrogens with one attached hydrogen (secondary N) is 2. The number of carbonyl (C=O) groups excluding carboxylic acids is 1. The van der Waals surface area contributed by atoms with E-state index in [1.807, 2.05) is 0 Å². The molecule has 2 atom stereocenters. The van der Waals surface area contributed by atoms with Gasteiger partial charge in [-0.15, -0.1) is 0 Å². The Morgan fingerprint density at radius 2 is 2.24 bits per heavy atom. The minimum atomic E-state index is -4.37. The number of benzene rings is 1. The molecule has 1 aromatic carbocycles. The van der Waals surface area contributed by atoms with Gasteiger partial charge in [0.2, 0.25) is 5.91 Å². The van der Waals surface area contributed by atoms with Crippen LogP contribution in [-0.2, 0) is 17.5 Å². The van der Waals surface area contributed by atoms with Gasteiger partial charge in [0, 0.05) is 19.0 Å². The van der Waals surface area contributed by atoms with E-state index < -0.39 is 11.7 Å². The van der Waals surface area contributed by atoms with E-state index in [2.05, 4.69) is 15.5 Å². The Kier molecular flexibility index (Phi) is 4.68. The van der Waals surface area contributed by atoms with Gasteiger partial charge in [-0.2, -0.15) is 18.3 Å². The number of carbonyl (C=O) groups is 1. The van der Waals surface area contributed by atoms with E-state index >= 15 is 0 Å². The first-order valence-electron chi connectivity index (χ1n) is 7.84. The number of rotatable bonds is 5. The van der Waals surface area contributed by atoms with Crippen molar-refractivity contribution in [1.82, 2.24) is 20.1 Å². The molecule has 3 rings (SSSR count). The summed E-state index contributed by atoms with van der Waals surface area (Å²) in [7, 11) is 0. The third-order valence-electron chi connectivity index (χ3n) is 4.35. The normalized spacial score (nSPS) is 19.7. The molecule has 0 radical (unpaired) electrons. The molecule has 0 aliphatic heterocycles. The number of aryl methyl sites for hydroxylation is 1. The van der Waals surface area contributed by atoms with Crippen molar-refractivity contribution in [3.8, 4) is 0 Å². The number of aromatic nitrogens is 3. The quantitative estimate of drug-likeness (QED) is 0.795. The first-order chi connectivity index (χ1) is 11.8. The van der Waals surface area contributed by atoms with E-state index in [0.29, 0.717) is 29.8 Å². The van der Waals surface area contributed by atoms with Crippen molar-refractivity contribution in [3.05, 3.63) is 46.0 Å². The summed E-state index contributed by atoms with van der Waals surface area (Å²) in [5.74, 6) is 0.157. The van der Waals surface area contributed by atoms with Crippen molar-refractivity contribution < 1.29 is 18.0 Å². The largest absolute Gasteiger partial charge is 0.416 e. The third-order valence-corrected chi connectivity index (χ3v) is 4.66. The van der Waals surface area contributed by atoms with Crippen LogP contribution in [0.3, 0.4) is 0 Å². The Hall–Kier alpha value is -2.16. The molecule has 134 valence electrons. The number of nitrogens with zero attached hydrogens (tertiary/aromatic N) is 2. The van der Waals surface area contributed by atoms with Crippen molar-refractivity contribution in [1.29, 1.82) is 0 Å². The maximum Gasteiger partial charge on any atom is 0.416 e. The van der Waals surface area contributed by atoms with E-state index in [4.69, 9.17) is 12.2 Å². The number of alkyl halides is 3. The van der Waals surface area contributed by atoms with Crippen LogP contribution in [0.25, 0.3) is 0 Å². The lowest BCUT2D eigenvalue weighted by Crippen LogP contribution is -2.29. The zero-order valence-corrected chi connectivity index (χ0v) is 14.2. The van der Waals surface area contributed by atoms with Crippen molar-refractivity contribution in [2.75, 3.05) is 6.54 Å². The van der Waals surface area contributed by atoms with Crippen LogP contribution in [0.1, 0.15) is 29.3 Å². The molecule has 1 fully saturated rings. The Balaban J connectivity index is 1.55. The van der Waals surface area contributed by atoms with Gasteiger partial charge >= 0.3 is 6.18 Å². The van der Waals surface area contributed by atoms with Crippen LogP contribution in [0.2, 0.25) is 0 Å². The summed E-state index contributed by atoms with van der Waals surface area (Å²) >= 11 is 5.08. The molecule has 2 aromatic rings. The van der Waals surface area contributed by atoms with Crippen LogP contribution in [0.15, 0.2) is 24.3 Å². The van der Waals surface area contributed by atoms with Gasteiger partial charge in [0.05, 0.1) is 5.56 Å². The fourth-order valence-electron chi connectivity index (χ4n) is 2.88. The average molecular weight is 370 g/mol. The summed E-state index contributed by atoms with van der Waals surface area (Å²) in [6, 6.07) is 5.19. The minimum absolute atomic E-state index is 0.143. The zero-order valence-electron chi connectivity index (χ0n) is 13.4. The summed E-state index contributed by atoms with van der Waals surface area (Å²) < 4.78 is 40.6. The first-order valence-corrected chi connectivity index (χ1v) is 8.25. The van der Waals surface area contributed by atoms with Gasteiger partial charge < -0.3 is 9.88 Å². The molecule has 1 amide bonds. The molecule has 1 aliphatic rings. The molecule has 0 spiro atoms. The summed E-state index contributed by atoms with van der Waals surface area (Å²) in [4.78, 5) is 12.2. The van der Waals surface area contributed by atoms with Gasteiger partial charge in [-0.05, 0) is 43.1 Å². The van der Waals surface area contributed by atoms with Gasteiger partial charge in [-0.25, -0.2) is 0 Å². The van der Waals surface area contributed by atoms with E-state index in [-0.39, 0.29) is 17.7 Å². The molecule has 0 bridgehead atoms. The number of hydrogen-bond donors (Lipinski definition) is 2. The van der Waals surface area contributed by atoms with Crippen LogP contribution in [0.5, 0.6) is 0 Å². The Bertz CT molecular complexity index is 842. The van der Waals surface area contributed by atoms with Crippen molar-refractivity contribution in [3.63, 3.8) is 0 Å². The SMILES string of the molecule is Cc1n[nH]c(=S)n1CCNC(=O)[C@@H]1C[C@H]1c1cccc(C(F)(F)F)c1. The van der Waals surface area contributed by atoms with Gasteiger partial charge in [-0.1, -0.05) is 18.2 Å². The van der Waals surface area contributed by atoms with E-state index in [1.165, 1.54) is 6.07 Å². The van der Waals surface area contributed by atoms with E-state index in [1.54, 1.807) is 17.6 Å². The van der Waals surface area contributed by atoms with Crippen LogP contribution in [0, 0.1) is 17.6 Å². The predicted octanol–water partition coefficient (Wildman–Crippen LogP) is 3.19. The smallest absolute Gasteiger partial charge is 0.354 e. The molecule has 1 saturated carbocycles. The van der Waals surface area contributed by atoms with Gasteiger partial charge in [0.1, 0.15) is 5.82 Å².